The lowest BCUT2D eigenvalue weighted by Crippen LogP contribution is -2.40. The summed E-state index contributed by atoms with van der Waals surface area (Å²) < 4.78 is 0. The number of rotatable bonds is 5. The number of hydrogen-bond acceptors (Lipinski definition) is 10. The number of nitrogens with two attached hydrogens (primary N) is 2. The van der Waals surface area contributed by atoms with Crippen molar-refractivity contribution in [1.29, 1.82) is 0 Å². The van der Waals surface area contributed by atoms with Gasteiger partial charge >= 0.3 is 0 Å². The van der Waals surface area contributed by atoms with Gasteiger partial charge in [-0.3, -0.25) is 9.59 Å². The highest BCUT2D eigenvalue weighted by Gasteiger charge is 2.24. The van der Waals surface area contributed by atoms with E-state index in [2.05, 4.69) is 30.6 Å². The second-order valence-electron chi connectivity index (χ2n) is 8.64. The lowest BCUT2D eigenvalue weighted by Gasteiger charge is -2.20. The normalized spacial score (nSPS) is 11.4. The Morgan fingerprint density at radius 1 is 1.11 bits per heavy atom. The van der Waals surface area contributed by atoms with Gasteiger partial charge in [-0.05, 0) is 39.2 Å². The smallest absolute Gasteiger partial charge is 0.263 e. The Balaban J connectivity index is 1.77. The van der Waals surface area contributed by atoms with Crippen LogP contribution in [0.15, 0.2) is 41.9 Å². The molecule has 0 aliphatic carbocycles. The van der Waals surface area contributed by atoms with Gasteiger partial charge in [-0.2, -0.15) is 0 Å². The van der Waals surface area contributed by atoms with Crippen LogP contribution >= 0.6 is 23.1 Å². The molecule has 0 unspecified atom stereocenters. The zero-order valence-electron chi connectivity index (χ0n) is 19.5. The number of fused-ring (bicyclic) bond motifs is 1. The molecule has 0 saturated carbocycles. The predicted molar refractivity (Wildman–Crippen MR) is 141 cm³/mol. The molecule has 0 bridgehead atoms. The van der Waals surface area contributed by atoms with Crippen LogP contribution in [0.4, 0.5) is 17.2 Å². The number of amides is 2. The van der Waals surface area contributed by atoms with Gasteiger partial charge in [0, 0.05) is 23.0 Å². The summed E-state index contributed by atoms with van der Waals surface area (Å²) in [6, 6.07) is 7.16. The van der Waals surface area contributed by atoms with Crippen LogP contribution in [0.25, 0.3) is 21.5 Å². The molecule has 3 heterocycles. The lowest BCUT2D eigenvalue weighted by atomic mass is 10.1. The van der Waals surface area contributed by atoms with Crippen LogP contribution in [0.2, 0.25) is 0 Å². The first-order chi connectivity index (χ1) is 16.6. The number of nitrogens with zero attached hydrogens (tertiary/aromatic N) is 4. The molecule has 180 valence electrons. The standard InChI is InChI=1S/C23H24N8O2S2/c1-23(2,3)31-20(33)17-15(24)14-16(29-22(34-4)30-21(14)35-17)11-6-5-7-12(8-11)28-19(32)13-9-26-10-27-18(13)25/h5-10H,24H2,1-4H3,(H,28,32)(H,31,33)(H2,25,26,27). The molecule has 4 rings (SSSR count). The molecule has 0 saturated heterocycles. The monoisotopic (exact) mass is 508 g/mol. The topological polar surface area (TPSA) is 162 Å². The van der Waals surface area contributed by atoms with Crippen LogP contribution in [-0.4, -0.2) is 43.5 Å². The third kappa shape index (κ3) is 5.17. The van der Waals surface area contributed by atoms with E-state index >= 15 is 0 Å². The van der Waals surface area contributed by atoms with E-state index in [0.29, 0.717) is 42.9 Å². The molecule has 0 aliphatic heterocycles. The Hall–Kier alpha value is -3.77. The minimum Gasteiger partial charge on any atom is -0.397 e. The van der Waals surface area contributed by atoms with Crippen molar-refractivity contribution < 1.29 is 9.59 Å². The van der Waals surface area contributed by atoms with Gasteiger partial charge in [0.05, 0.1) is 16.8 Å². The maximum Gasteiger partial charge on any atom is 0.263 e. The first-order valence-electron chi connectivity index (χ1n) is 10.5. The number of aromatic nitrogens is 4. The van der Waals surface area contributed by atoms with E-state index in [1.807, 2.05) is 33.1 Å². The molecule has 1 aromatic carbocycles. The van der Waals surface area contributed by atoms with Crippen molar-refractivity contribution in [3.8, 4) is 11.3 Å². The fourth-order valence-electron chi connectivity index (χ4n) is 3.33. The molecule has 0 atom stereocenters. The summed E-state index contributed by atoms with van der Waals surface area (Å²) in [7, 11) is 0. The van der Waals surface area contributed by atoms with Gasteiger partial charge in [0.15, 0.2) is 5.16 Å². The zero-order valence-corrected chi connectivity index (χ0v) is 21.2. The van der Waals surface area contributed by atoms with Crippen molar-refractivity contribution in [3.63, 3.8) is 0 Å². The Morgan fingerprint density at radius 2 is 1.89 bits per heavy atom. The van der Waals surface area contributed by atoms with Crippen LogP contribution in [0.5, 0.6) is 0 Å². The number of nitrogen functional groups attached to an aromatic ring is 2. The number of thiophene rings is 1. The summed E-state index contributed by atoms with van der Waals surface area (Å²) >= 11 is 2.61. The number of nitrogens with one attached hydrogen (secondary N) is 2. The molecule has 0 spiro atoms. The molecular weight excluding hydrogens is 484 g/mol. The van der Waals surface area contributed by atoms with E-state index in [1.54, 1.807) is 18.2 Å². The second kappa shape index (κ2) is 9.47. The van der Waals surface area contributed by atoms with Crippen molar-refractivity contribution in [2.45, 2.75) is 31.5 Å². The Kier molecular flexibility index (Phi) is 6.59. The van der Waals surface area contributed by atoms with Gasteiger partial charge in [-0.15, -0.1) is 11.3 Å². The highest BCUT2D eigenvalue weighted by molar-refractivity contribution is 7.98. The third-order valence-electron chi connectivity index (χ3n) is 4.83. The quantitative estimate of drug-likeness (QED) is 0.232. The van der Waals surface area contributed by atoms with Gasteiger partial charge in [-0.25, -0.2) is 19.9 Å². The van der Waals surface area contributed by atoms with Crippen molar-refractivity contribution in [2.24, 2.45) is 0 Å². The first kappa shape index (κ1) is 24.4. The summed E-state index contributed by atoms with van der Waals surface area (Å²) in [5.74, 6) is -0.615. The Labute approximate surface area is 210 Å². The maximum absolute atomic E-state index is 12.9. The van der Waals surface area contributed by atoms with Gasteiger partial charge in [0.25, 0.3) is 11.8 Å². The number of carbonyl (C=O) groups excluding carboxylic acids is 2. The average Bonchev–Trinajstić information content (AvgIpc) is 3.14. The van der Waals surface area contributed by atoms with E-state index < -0.39 is 11.4 Å². The minimum absolute atomic E-state index is 0.0860. The summed E-state index contributed by atoms with van der Waals surface area (Å²) in [5.41, 5.74) is 14.1. The number of thioether (sulfide) groups is 1. The molecule has 4 aromatic rings. The molecule has 10 nitrogen and oxygen atoms in total. The molecule has 0 radical (unpaired) electrons. The lowest BCUT2D eigenvalue weighted by molar-refractivity contribution is 0.0924. The van der Waals surface area contributed by atoms with Gasteiger partial charge in [-0.1, -0.05) is 23.9 Å². The summed E-state index contributed by atoms with van der Waals surface area (Å²) in [5, 5.41) is 6.89. The highest BCUT2D eigenvalue weighted by Crippen LogP contribution is 2.40. The second-order valence-corrected chi connectivity index (χ2v) is 10.4. The number of anilines is 3. The van der Waals surface area contributed by atoms with Crippen LogP contribution in [0.3, 0.4) is 0 Å². The fraction of sp³-hybridized carbons (Fsp3) is 0.217. The van der Waals surface area contributed by atoms with Crippen LogP contribution in [-0.2, 0) is 0 Å². The van der Waals surface area contributed by atoms with Gasteiger partial charge in [0.1, 0.15) is 27.4 Å². The Bertz CT molecular complexity index is 1450. The highest BCUT2D eigenvalue weighted by atomic mass is 32.2. The number of hydrogen-bond donors (Lipinski definition) is 4. The molecule has 0 fully saturated rings. The first-order valence-corrected chi connectivity index (χ1v) is 12.6. The zero-order chi connectivity index (χ0) is 25.3. The van der Waals surface area contributed by atoms with Crippen molar-refractivity contribution >= 4 is 62.3 Å². The molecule has 6 N–H and O–H groups in total. The molecule has 2 amide bonds. The third-order valence-corrected chi connectivity index (χ3v) is 6.47. The number of benzene rings is 1. The maximum atomic E-state index is 12.9. The molecule has 12 heteroatoms. The van der Waals surface area contributed by atoms with Crippen molar-refractivity contribution in [2.75, 3.05) is 23.0 Å². The Morgan fingerprint density at radius 3 is 2.57 bits per heavy atom. The SMILES string of the molecule is CSc1nc(-c2cccc(NC(=O)c3cncnc3N)c2)c2c(N)c(C(=O)NC(C)(C)C)sc2n1. The number of carbonyl (C=O) groups is 2. The van der Waals surface area contributed by atoms with E-state index in [9.17, 15) is 9.59 Å². The molecular formula is C23H24N8O2S2. The van der Waals surface area contributed by atoms with Crippen LogP contribution in [0, 0.1) is 0 Å². The largest absolute Gasteiger partial charge is 0.397 e. The molecule has 0 aliphatic rings. The molecule has 3 aromatic heterocycles. The minimum atomic E-state index is -0.436. The van der Waals surface area contributed by atoms with E-state index in [1.165, 1.54) is 35.6 Å². The van der Waals surface area contributed by atoms with Crippen LogP contribution in [0.1, 0.15) is 40.8 Å². The van der Waals surface area contributed by atoms with Crippen molar-refractivity contribution in [3.05, 3.63) is 47.2 Å². The van der Waals surface area contributed by atoms with Crippen molar-refractivity contribution in [1.82, 2.24) is 25.3 Å². The average molecular weight is 509 g/mol. The van der Waals surface area contributed by atoms with Crippen LogP contribution < -0.4 is 22.1 Å². The van der Waals surface area contributed by atoms with Gasteiger partial charge < -0.3 is 22.1 Å². The van der Waals surface area contributed by atoms with Gasteiger partial charge in [0.2, 0.25) is 0 Å². The van der Waals surface area contributed by atoms with E-state index in [4.69, 9.17) is 11.5 Å². The summed E-state index contributed by atoms with van der Waals surface area (Å²) in [6.45, 7) is 5.71. The van der Waals surface area contributed by atoms with E-state index in [-0.39, 0.29) is 17.3 Å². The summed E-state index contributed by atoms with van der Waals surface area (Å²) in [4.78, 5) is 43.5. The fourth-order valence-corrected chi connectivity index (χ4v) is 4.74. The molecule has 35 heavy (non-hydrogen) atoms. The predicted octanol–water partition coefficient (Wildman–Crippen LogP) is 3.82. The summed E-state index contributed by atoms with van der Waals surface area (Å²) in [6.07, 6.45) is 4.51. The van der Waals surface area contributed by atoms with E-state index in [0.717, 1.165) is 0 Å².